The van der Waals surface area contributed by atoms with Crippen molar-refractivity contribution in [3.8, 4) is 5.82 Å². The normalized spacial score (nSPS) is 13.3. The zero-order chi connectivity index (χ0) is 37.0. The monoisotopic (exact) mass is 718 g/mol. The molecule has 0 radical (unpaired) electrons. The molecule has 9 rings (SSSR count). The van der Waals surface area contributed by atoms with Gasteiger partial charge in [0.25, 0.3) is 0 Å². The van der Waals surface area contributed by atoms with Crippen LogP contribution in [0.4, 0.5) is 17.1 Å². The maximum absolute atomic E-state index is 4.99. The lowest BCUT2D eigenvalue weighted by atomic mass is 10.1. The van der Waals surface area contributed by atoms with Gasteiger partial charge in [-0.05, 0) is 102 Å². The Morgan fingerprint density at radius 2 is 1.17 bits per heavy atom. The Balaban J connectivity index is 1.33. The number of para-hydroxylation sites is 3. The van der Waals surface area contributed by atoms with Crippen molar-refractivity contribution in [2.45, 2.75) is 46.1 Å². The smallest absolute Gasteiger partial charge is 0.179 e. The summed E-state index contributed by atoms with van der Waals surface area (Å²) in [5, 5.41) is 7.88. The van der Waals surface area contributed by atoms with Gasteiger partial charge in [-0.3, -0.25) is 4.57 Å². The second kappa shape index (κ2) is 13.2. The number of pyridine rings is 1. The maximum atomic E-state index is 4.99. The fraction of sp³-hybridized carbons (Fsp3) is 0.163. The zero-order valence-corrected chi connectivity index (χ0v) is 32.7. The first-order valence-corrected chi connectivity index (χ1v) is 21.1. The molecule has 4 nitrogen and oxygen atoms in total. The molecule has 0 unspecified atom stereocenters. The summed E-state index contributed by atoms with van der Waals surface area (Å²) in [5.74, 6) is 1.35. The summed E-state index contributed by atoms with van der Waals surface area (Å²) in [6, 6.07) is 61.2. The molecule has 2 aromatic heterocycles. The third kappa shape index (κ3) is 5.45. The van der Waals surface area contributed by atoms with Crippen LogP contribution in [-0.4, -0.2) is 29.8 Å². The Labute approximate surface area is 320 Å². The summed E-state index contributed by atoms with van der Waals surface area (Å²) < 4.78 is 2.38. The van der Waals surface area contributed by atoms with Gasteiger partial charge in [-0.15, -0.1) is 0 Å². The van der Waals surface area contributed by atoms with Gasteiger partial charge in [-0.25, -0.2) is 4.98 Å². The molecule has 266 valence electrons. The Morgan fingerprint density at radius 1 is 0.556 bits per heavy atom. The third-order valence-corrected chi connectivity index (χ3v) is 16.1. The number of anilines is 3. The van der Waals surface area contributed by atoms with Crippen molar-refractivity contribution in [2.75, 3.05) is 16.5 Å². The molecule has 8 aromatic rings. The van der Waals surface area contributed by atoms with Crippen LogP contribution in [0.1, 0.15) is 46.1 Å². The van der Waals surface area contributed by atoms with E-state index in [1.54, 1.807) is 0 Å². The van der Waals surface area contributed by atoms with E-state index in [1.165, 1.54) is 65.2 Å². The van der Waals surface area contributed by atoms with Crippen molar-refractivity contribution >= 4 is 67.7 Å². The van der Waals surface area contributed by atoms with Crippen LogP contribution in [0, 0.1) is 0 Å². The van der Waals surface area contributed by atoms with Crippen molar-refractivity contribution < 1.29 is 0 Å². The molecule has 0 amide bonds. The molecule has 0 N–H and O–H groups in total. The Hall–Kier alpha value is -5.91. The lowest BCUT2D eigenvalue weighted by Crippen LogP contribution is -2.74. The van der Waals surface area contributed by atoms with Crippen LogP contribution in [0.3, 0.4) is 0 Å². The Bertz CT molecular complexity index is 2580. The van der Waals surface area contributed by atoms with Gasteiger partial charge in [-0.2, -0.15) is 0 Å². The fourth-order valence-corrected chi connectivity index (χ4v) is 13.4. The number of nitrogens with zero attached hydrogens (tertiary/aromatic N) is 4. The van der Waals surface area contributed by atoms with Gasteiger partial charge in [-0.1, -0.05) is 129 Å². The minimum Gasteiger partial charge on any atom is -0.347 e. The van der Waals surface area contributed by atoms with Gasteiger partial charge in [0.2, 0.25) is 0 Å². The predicted molar refractivity (Wildman–Crippen MR) is 232 cm³/mol. The topological polar surface area (TPSA) is 24.3 Å². The molecular formula is C49H46N4Si. The highest BCUT2D eigenvalue weighted by Crippen LogP contribution is 2.43. The first-order valence-electron chi connectivity index (χ1n) is 19.1. The average molecular weight is 719 g/mol. The quantitative estimate of drug-likeness (QED) is 0.121. The second-order valence-corrected chi connectivity index (χ2v) is 19.7. The molecule has 1 aliphatic heterocycles. The number of fused-ring (bicyclic) bond motifs is 4. The summed E-state index contributed by atoms with van der Waals surface area (Å²) >= 11 is 0. The standard InChI is InChI=1S/C49H46N4Si/c1-35(2)36-29-30-50-48(31-36)53-44-24-13-12-23-42(44)43-28-27-41(33-47(43)53)54(38-18-8-6-9-19-38,39-20-10-7-11-21-39)40-22-16-17-37(32-40)51-34-52(49(3,4)5)46-26-15-14-25-45(46)51/h6-33,35H,34H2,1-5H3. The number of aromatic nitrogens is 2. The van der Waals surface area contributed by atoms with E-state index in [4.69, 9.17) is 4.98 Å². The van der Waals surface area contributed by atoms with Crippen LogP contribution < -0.4 is 30.5 Å². The maximum Gasteiger partial charge on any atom is 0.179 e. The van der Waals surface area contributed by atoms with Crippen LogP contribution in [0.15, 0.2) is 170 Å². The van der Waals surface area contributed by atoms with Gasteiger partial charge in [0, 0.05) is 28.2 Å². The number of hydrogen-bond donors (Lipinski definition) is 0. The molecule has 0 aliphatic carbocycles. The average Bonchev–Trinajstić information content (AvgIpc) is 3.76. The minimum atomic E-state index is -2.92. The highest BCUT2D eigenvalue weighted by Gasteiger charge is 2.43. The molecule has 0 saturated heterocycles. The van der Waals surface area contributed by atoms with Crippen LogP contribution >= 0.6 is 0 Å². The number of hydrogen-bond acceptors (Lipinski definition) is 3. The molecule has 0 bridgehead atoms. The van der Waals surface area contributed by atoms with E-state index in [0.717, 1.165) is 12.5 Å². The first-order chi connectivity index (χ1) is 26.2. The molecule has 0 atom stereocenters. The van der Waals surface area contributed by atoms with Gasteiger partial charge in [0.1, 0.15) is 5.82 Å². The zero-order valence-electron chi connectivity index (χ0n) is 31.7. The van der Waals surface area contributed by atoms with Crippen molar-refractivity contribution in [2.24, 2.45) is 0 Å². The fourth-order valence-electron chi connectivity index (χ4n) is 8.66. The molecule has 3 heterocycles. The van der Waals surface area contributed by atoms with Gasteiger partial charge in [0.15, 0.2) is 8.07 Å². The van der Waals surface area contributed by atoms with Gasteiger partial charge in [0.05, 0.1) is 29.1 Å². The molecule has 1 aliphatic rings. The lowest BCUT2D eigenvalue weighted by Gasteiger charge is -2.36. The van der Waals surface area contributed by atoms with Crippen molar-refractivity contribution in [1.29, 1.82) is 0 Å². The first kappa shape index (κ1) is 33.9. The van der Waals surface area contributed by atoms with E-state index in [1.807, 2.05) is 6.20 Å². The summed E-state index contributed by atoms with van der Waals surface area (Å²) in [7, 11) is -2.92. The molecule has 54 heavy (non-hydrogen) atoms. The van der Waals surface area contributed by atoms with E-state index in [2.05, 4.69) is 213 Å². The van der Waals surface area contributed by atoms with E-state index in [-0.39, 0.29) is 5.54 Å². The van der Waals surface area contributed by atoms with Crippen molar-refractivity contribution in [3.05, 3.63) is 176 Å². The molecular weight excluding hydrogens is 673 g/mol. The van der Waals surface area contributed by atoms with E-state index >= 15 is 0 Å². The Morgan fingerprint density at radius 3 is 1.87 bits per heavy atom. The van der Waals surface area contributed by atoms with Crippen LogP contribution in [0.2, 0.25) is 0 Å². The van der Waals surface area contributed by atoms with Crippen LogP contribution in [0.5, 0.6) is 0 Å². The third-order valence-electron chi connectivity index (χ3n) is 11.3. The highest BCUT2D eigenvalue weighted by molar-refractivity contribution is 7.20. The number of rotatable bonds is 7. The Kier molecular flexibility index (Phi) is 8.28. The summed E-state index contributed by atoms with van der Waals surface area (Å²) in [6.45, 7) is 12.2. The van der Waals surface area contributed by atoms with Crippen LogP contribution in [-0.2, 0) is 0 Å². The highest BCUT2D eigenvalue weighted by atomic mass is 28.3. The van der Waals surface area contributed by atoms with Gasteiger partial charge < -0.3 is 9.80 Å². The molecule has 0 spiro atoms. The minimum absolute atomic E-state index is 0.0214. The summed E-state index contributed by atoms with van der Waals surface area (Å²) in [4.78, 5) is 10.0. The SMILES string of the molecule is CC(C)c1ccnc(-n2c3ccccc3c3ccc([Si](c4ccccc4)(c4ccccc4)c4cccc(N5CN(C(C)(C)C)c6ccccc65)c4)cc32)c1. The van der Waals surface area contributed by atoms with Gasteiger partial charge >= 0.3 is 0 Å². The largest absolute Gasteiger partial charge is 0.347 e. The summed E-state index contributed by atoms with van der Waals surface area (Å²) in [6.07, 6.45) is 1.96. The molecule has 0 saturated carbocycles. The van der Waals surface area contributed by atoms with Crippen LogP contribution in [0.25, 0.3) is 27.6 Å². The molecule has 6 aromatic carbocycles. The second-order valence-electron chi connectivity index (χ2n) is 15.9. The predicted octanol–water partition coefficient (Wildman–Crippen LogP) is 9.39. The van der Waals surface area contributed by atoms with E-state index in [0.29, 0.717) is 5.92 Å². The summed E-state index contributed by atoms with van der Waals surface area (Å²) in [5.41, 5.74) is 7.34. The van der Waals surface area contributed by atoms with Crippen molar-refractivity contribution in [3.63, 3.8) is 0 Å². The lowest BCUT2D eigenvalue weighted by molar-refractivity contribution is 0.518. The molecule has 0 fully saturated rings. The van der Waals surface area contributed by atoms with E-state index in [9.17, 15) is 0 Å². The molecule has 5 heteroatoms. The van der Waals surface area contributed by atoms with E-state index < -0.39 is 8.07 Å². The van der Waals surface area contributed by atoms with Crippen molar-refractivity contribution in [1.82, 2.24) is 9.55 Å². The number of benzene rings is 6.